The molecule has 0 bridgehead atoms. The second-order valence-electron chi connectivity index (χ2n) is 8.06. The number of benzene rings is 4. The van der Waals surface area contributed by atoms with Crippen molar-refractivity contribution in [2.45, 2.75) is 0 Å². The minimum absolute atomic E-state index is 0.236. The molecule has 4 rings (SSSR count). The molecule has 0 fully saturated rings. The SMILES string of the molecule is COc1ccc(C(=O)Nc2ccc(OC)cc2Cl)cc1.COc1ccc(C(=S)Nc2ccc(OC)cc2Cl)cc1. The molecule has 0 heterocycles. The fourth-order valence-electron chi connectivity index (χ4n) is 3.32. The first kappa shape index (κ1) is 30.6. The summed E-state index contributed by atoms with van der Waals surface area (Å²) in [7, 11) is 6.36. The van der Waals surface area contributed by atoms with Gasteiger partial charge in [-0.2, -0.15) is 0 Å². The number of halogens is 2. The molecule has 0 aliphatic rings. The highest BCUT2D eigenvalue weighted by atomic mass is 35.5. The average molecular weight is 600 g/mol. The highest BCUT2D eigenvalue weighted by Gasteiger charge is 2.10. The van der Waals surface area contributed by atoms with E-state index in [1.165, 1.54) is 0 Å². The summed E-state index contributed by atoms with van der Waals surface area (Å²) in [6, 6.07) is 24.8. The molecule has 0 aliphatic carbocycles. The number of hydrogen-bond acceptors (Lipinski definition) is 6. The maximum atomic E-state index is 12.1. The van der Waals surface area contributed by atoms with Gasteiger partial charge in [0.2, 0.25) is 0 Å². The lowest BCUT2D eigenvalue weighted by atomic mass is 10.2. The summed E-state index contributed by atoms with van der Waals surface area (Å²) in [6.07, 6.45) is 0. The second-order valence-corrected chi connectivity index (χ2v) is 9.28. The molecule has 0 atom stereocenters. The molecule has 0 aliphatic heterocycles. The minimum Gasteiger partial charge on any atom is -0.497 e. The van der Waals surface area contributed by atoms with Crippen LogP contribution in [0.2, 0.25) is 10.0 Å². The van der Waals surface area contributed by atoms with E-state index in [4.69, 9.17) is 54.4 Å². The van der Waals surface area contributed by atoms with Crippen molar-refractivity contribution in [1.82, 2.24) is 0 Å². The van der Waals surface area contributed by atoms with Crippen LogP contribution in [0.4, 0.5) is 11.4 Å². The molecule has 0 aromatic heterocycles. The van der Waals surface area contributed by atoms with Crippen LogP contribution in [0.5, 0.6) is 23.0 Å². The van der Waals surface area contributed by atoms with Gasteiger partial charge in [0.15, 0.2) is 0 Å². The first-order valence-electron chi connectivity index (χ1n) is 11.9. The molecule has 1 amide bonds. The highest BCUT2D eigenvalue weighted by molar-refractivity contribution is 7.81. The number of ether oxygens (including phenoxy) is 4. The molecule has 0 radical (unpaired) electrons. The molecular formula is C30H28Cl2N2O5S. The van der Waals surface area contributed by atoms with Gasteiger partial charge in [0.25, 0.3) is 5.91 Å². The van der Waals surface area contributed by atoms with E-state index in [0.29, 0.717) is 43.5 Å². The van der Waals surface area contributed by atoms with Gasteiger partial charge in [0, 0.05) is 23.3 Å². The molecule has 208 valence electrons. The fourth-order valence-corrected chi connectivity index (χ4v) is 4.00. The topological polar surface area (TPSA) is 78.1 Å². The molecule has 7 nitrogen and oxygen atoms in total. The molecule has 4 aromatic carbocycles. The Bertz CT molecular complexity index is 1340. The molecule has 10 heteroatoms. The Balaban J connectivity index is 0.000000220. The van der Waals surface area contributed by atoms with Gasteiger partial charge >= 0.3 is 0 Å². The van der Waals surface area contributed by atoms with Gasteiger partial charge in [-0.1, -0.05) is 35.4 Å². The smallest absolute Gasteiger partial charge is 0.255 e. The number of amides is 1. The summed E-state index contributed by atoms with van der Waals surface area (Å²) in [5.74, 6) is 2.59. The third kappa shape index (κ3) is 8.51. The zero-order valence-corrected chi connectivity index (χ0v) is 24.6. The zero-order valence-electron chi connectivity index (χ0n) is 22.3. The van der Waals surface area contributed by atoms with Crippen LogP contribution in [0.25, 0.3) is 0 Å². The highest BCUT2D eigenvalue weighted by Crippen LogP contribution is 2.28. The van der Waals surface area contributed by atoms with E-state index in [2.05, 4.69) is 10.6 Å². The third-order valence-corrected chi connectivity index (χ3v) is 6.52. The fraction of sp³-hybridized carbons (Fsp3) is 0.133. The molecular weight excluding hydrogens is 571 g/mol. The predicted octanol–water partition coefficient (Wildman–Crippen LogP) is 7.75. The number of rotatable bonds is 8. The van der Waals surface area contributed by atoms with Crippen molar-refractivity contribution in [3.05, 3.63) is 106 Å². The van der Waals surface area contributed by atoms with E-state index in [-0.39, 0.29) is 5.91 Å². The van der Waals surface area contributed by atoms with Crippen molar-refractivity contribution in [1.29, 1.82) is 0 Å². The Morgan fingerprint density at radius 3 is 1.35 bits per heavy atom. The maximum Gasteiger partial charge on any atom is 0.255 e. The van der Waals surface area contributed by atoms with Crippen molar-refractivity contribution < 1.29 is 23.7 Å². The lowest BCUT2D eigenvalue weighted by molar-refractivity contribution is 0.102. The van der Waals surface area contributed by atoms with Gasteiger partial charge in [0.1, 0.15) is 28.0 Å². The normalized spacial score (nSPS) is 9.95. The Morgan fingerprint density at radius 2 is 0.950 bits per heavy atom. The number of hydrogen-bond donors (Lipinski definition) is 2. The van der Waals surface area contributed by atoms with Crippen LogP contribution in [-0.4, -0.2) is 39.3 Å². The average Bonchev–Trinajstić information content (AvgIpc) is 2.99. The maximum absolute atomic E-state index is 12.1. The monoisotopic (exact) mass is 598 g/mol. The quantitative estimate of drug-likeness (QED) is 0.201. The van der Waals surface area contributed by atoms with Gasteiger partial charge < -0.3 is 29.6 Å². The first-order valence-corrected chi connectivity index (χ1v) is 13.0. The number of carbonyl (C=O) groups excluding carboxylic acids is 1. The van der Waals surface area contributed by atoms with Crippen molar-refractivity contribution in [3.8, 4) is 23.0 Å². The number of thiocarbonyl (C=S) groups is 1. The van der Waals surface area contributed by atoms with E-state index in [1.54, 1.807) is 77.0 Å². The van der Waals surface area contributed by atoms with Crippen molar-refractivity contribution in [2.24, 2.45) is 0 Å². The van der Waals surface area contributed by atoms with Crippen LogP contribution < -0.4 is 29.6 Å². The molecule has 0 saturated heterocycles. The van der Waals surface area contributed by atoms with Crippen LogP contribution >= 0.6 is 35.4 Å². The van der Waals surface area contributed by atoms with Crippen molar-refractivity contribution in [2.75, 3.05) is 39.1 Å². The third-order valence-electron chi connectivity index (χ3n) is 5.55. The molecule has 0 spiro atoms. The van der Waals surface area contributed by atoms with Gasteiger partial charge in [0.05, 0.1) is 49.9 Å². The first-order chi connectivity index (χ1) is 19.3. The van der Waals surface area contributed by atoms with Gasteiger partial charge in [-0.3, -0.25) is 4.79 Å². The summed E-state index contributed by atoms with van der Waals surface area (Å²) < 4.78 is 20.3. The van der Waals surface area contributed by atoms with Gasteiger partial charge in [-0.05, 0) is 72.8 Å². The Kier molecular flexibility index (Phi) is 11.4. The Hall–Kier alpha value is -3.98. The molecule has 0 saturated carbocycles. The Labute approximate surface area is 248 Å². The number of anilines is 2. The lowest BCUT2D eigenvalue weighted by Crippen LogP contribution is -2.12. The second kappa shape index (κ2) is 15.0. The van der Waals surface area contributed by atoms with Gasteiger partial charge in [-0.15, -0.1) is 0 Å². The number of methoxy groups -OCH3 is 4. The standard InChI is InChI=1S/C15H14ClNO3.C15H14ClNO2S/c1-19-11-5-3-10(4-6-11)15(18)17-14-8-7-12(20-2)9-13(14)16;1-18-11-5-3-10(4-6-11)15(20)17-14-8-7-12(19-2)9-13(14)16/h3-9H,1-2H3,(H,17,18);3-9H,1-2H3,(H,17,20). The van der Waals surface area contributed by atoms with Crippen LogP contribution in [0.1, 0.15) is 15.9 Å². The Morgan fingerprint density at radius 1 is 0.575 bits per heavy atom. The van der Waals surface area contributed by atoms with E-state index >= 15 is 0 Å². The molecule has 4 aromatic rings. The van der Waals surface area contributed by atoms with Crippen molar-refractivity contribution >= 4 is 57.7 Å². The lowest BCUT2D eigenvalue weighted by Gasteiger charge is -2.11. The molecule has 40 heavy (non-hydrogen) atoms. The summed E-state index contributed by atoms with van der Waals surface area (Å²) in [5.41, 5.74) is 2.70. The number of nitrogens with one attached hydrogen (secondary N) is 2. The van der Waals surface area contributed by atoms with E-state index in [0.717, 1.165) is 17.0 Å². The van der Waals surface area contributed by atoms with Crippen LogP contribution in [0.15, 0.2) is 84.9 Å². The summed E-state index contributed by atoms with van der Waals surface area (Å²) in [4.78, 5) is 12.7. The summed E-state index contributed by atoms with van der Waals surface area (Å²) in [5, 5.41) is 6.84. The van der Waals surface area contributed by atoms with Crippen LogP contribution in [-0.2, 0) is 0 Å². The van der Waals surface area contributed by atoms with Gasteiger partial charge in [-0.25, -0.2) is 0 Å². The zero-order chi connectivity index (χ0) is 29.1. The molecule has 2 N–H and O–H groups in total. The van der Waals surface area contributed by atoms with Crippen LogP contribution in [0, 0.1) is 0 Å². The summed E-state index contributed by atoms with van der Waals surface area (Å²) in [6.45, 7) is 0. The summed E-state index contributed by atoms with van der Waals surface area (Å²) >= 11 is 17.6. The van der Waals surface area contributed by atoms with Crippen LogP contribution in [0.3, 0.4) is 0 Å². The largest absolute Gasteiger partial charge is 0.497 e. The number of carbonyl (C=O) groups is 1. The minimum atomic E-state index is -0.236. The van der Waals surface area contributed by atoms with Crippen molar-refractivity contribution in [3.63, 3.8) is 0 Å². The predicted molar refractivity (Wildman–Crippen MR) is 165 cm³/mol. The van der Waals surface area contributed by atoms with E-state index in [9.17, 15) is 4.79 Å². The molecule has 0 unspecified atom stereocenters. The van der Waals surface area contributed by atoms with E-state index < -0.39 is 0 Å². The van der Waals surface area contributed by atoms with E-state index in [1.807, 2.05) is 36.4 Å².